The average molecular weight is 273 g/mol. The van der Waals surface area contributed by atoms with E-state index in [2.05, 4.69) is 9.72 Å². The summed E-state index contributed by atoms with van der Waals surface area (Å²) in [5.74, 6) is -7.29. The van der Waals surface area contributed by atoms with Gasteiger partial charge in [-0.05, 0) is 6.07 Å². The lowest BCUT2D eigenvalue weighted by molar-refractivity contribution is -0.279. The first-order chi connectivity index (χ1) is 8.12. The van der Waals surface area contributed by atoms with Crippen LogP contribution in [0.25, 0.3) is 0 Å². The maximum Gasteiger partial charge on any atom is 0.411 e. The minimum absolute atomic E-state index is 0.638. The van der Waals surface area contributed by atoms with Crippen LogP contribution >= 0.6 is 0 Å². The normalized spacial score (nSPS) is 12.6. The zero-order valence-corrected chi connectivity index (χ0v) is 8.42. The summed E-state index contributed by atoms with van der Waals surface area (Å²) in [5, 5.41) is 0. The van der Waals surface area contributed by atoms with Gasteiger partial charge >= 0.3 is 18.3 Å². The fourth-order valence-electron chi connectivity index (χ4n) is 1.02. The Balaban J connectivity index is 2.92. The van der Waals surface area contributed by atoms with Crippen LogP contribution in [0.5, 0.6) is 5.88 Å². The van der Waals surface area contributed by atoms with Crippen LogP contribution < -0.4 is 4.74 Å². The Morgan fingerprint density at radius 1 is 1.11 bits per heavy atom. The van der Waals surface area contributed by atoms with Crippen molar-refractivity contribution in [2.75, 3.05) is 0 Å². The molecule has 1 heterocycles. The number of hydrogen-bond acceptors (Lipinski definition) is 3. The van der Waals surface area contributed by atoms with Crippen molar-refractivity contribution in [3.63, 3.8) is 0 Å². The van der Waals surface area contributed by atoms with Crippen molar-refractivity contribution in [1.29, 1.82) is 0 Å². The van der Waals surface area contributed by atoms with Gasteiger partial charge in [0.15, 0.2) is 0 Å². The molecule has 0 N–H and O–H groups in total. The Hall–Kier alpha value is -1.80. The second-order valence-corrected chi connectivity index (χ2v) is 3.11. The standard InChI is InChI=1S/C9H5F6NO2/c10-8(11,12)6(9(13,14)15)7(17)18-5-3-1-2-4-16-5/h1-4,6H. The number of aromatic nitrogens is 1. The molecule has 0 spiro atoms. The van der Waals surface area contributed by atoms with Gasteiger partial charge in [-0.2, -0.15) is 26.3 Å². The number of nitrogens with zero attached hydrogens (tertiary/aromatic N) is 1. The minimum Gasteiger partial charge on any atom is -0.407 e. The Kier molecular flexibility index (Phi) is 3.82. The molecular formula is C9H5F6NO2. The van der Waals surface area contributed by atoms with E-state index >= 15 is 0 Å². The number of halogens is 6. The van der Waals surface area contributed by atoms with Gasteiger partial charge in [-0.3, -0.25) is 4.79 Å². The third-order valence-corrected chi connectivity index (χ3v) is 1.73. The third-order valence-electron chi connectivity index (χ3n) is 1.73. The Labute approximate surface area is 96.4 Å². The van der Waals surface area contributed by atoms with Crippen molar-refractivity contribution >= 4 is 5.97 Å². The molecule has 0 atom stereocenters. The van der Waals surface area contributed by atoms with Crippen LogP contribution in [-0.4, -0.2) is 23.3 Å². The summed E-state index contributed by atoms with van der Waals surface area (Å²) in [6.07, 6.45) is -10.5. The number of hydrogen-bond donors (Lipinski definition) is 0. The van der Waals surface area contributed by atoms with Crippen LogP contribution in [0.3, 0.4) is 0 Å². The predicted octanol–water partition coefficient (Wildman–Crippen LogP) is 2.73. The van der Waals surface area contributed by atoms with Gasteiger partial charge in [0.05, 0.1) is 0 Å². The molecule has 0 amide bonds. The Morgan fingerprint density at radius 3 is 2.06 bits per heavy atom. The molecule has 0 aliphatic rings. The maximum absolute atomic E-state index is 12.1. The largest absolute Gasteiger partial charge is 0.411 e. The summed E-state index contributed by atoms with van der Waals surface area (Å²) in [7, 11) is 0. The van der Waals surface area contributed by atoms with Crippen molar-refractivity contribution in [2.45, 2.75) is 12.4 Å². The molecule has 0 radical (unpaired) electrons. The second kappa shape index (κ2) is 4.83. The number of esters is 1. The molecule has 1 aromatic heterocycles. The topological polar surface area (TPSA) is 39.2 Å². The molecule has 0 saturated heterocycles. The summed E-state index contributed by atoms with van der Waals surface area (Å²) < 4.78 is 76.7. The number of pyridine rings is 1. The third kappa shape index (κ3) is 3.60. The van der Waals surface area contributed by atoms with E-state index in [1.54, 1.807) is 0 Å². The lowest BCUT2D eigenvalue weighted by Gasteiger charge is -2.20. The van der Waals surface area contributed by atoms with E-state index in [9.17, 15) is 31.1 Å². The van der Waals surface area contributed by atoms with E-state index in [1.807, 2.05) is 0 Å². The average Bonchev–Trinajstić information content (AvgIpc) is 2.13. The summed E-state index contributed by atoms with van der Waals surface area (Å²) in [6.45, 7) is 0. The van der Waals surface area contributed by atoms with Gasteiger partial charge in [0.1, 0.15) is 0 Å². The highest BCUT2D eigenvalue weighted by Gasteiger charge is 2.62. The SMILES string of the molecule is O=C(Oc1ccccn1)C(C(F)(F)F)C(F)(F)F. The van der Waals surface area contributed by atoms with Crippen LogP contribution in [-0.2, 0) is 4.79 Å². The highest BCUT2D eigenvalue weighted by molar-refractivity contribution is 5.76. The number of ether oxygens (including phenoxy) is 1. The van der Waals surface area contributed by atoms with Gasteiger partial charge in [-0.25, -0.2) is 4.98 Å². The Morgan fingerprint density at radius 2 is 1.67 bits per heavy atom. The monoisotopic (exact) mass is 273 g/mol. The van der Waals surface area contributed by atoms with E-state index in [0.29, 0.717) is 0 Å². The highest BCUT2D eigenvalue weighted by Crippen LogP contribution is 2.39. The second-order valence-electron chi connectivity index (χ2n) is 3.11. The smallest absolute Gasteiger partial charge is 0.407 e. The molecule has 18 heavy (non-hydrogen) atoms. The quantitative estimate of drug-likeness (QED) is 0.614. The van der Waals surface area contributed by atoms with E-state index in [4.69, 9.17) is 0 Å². The fourth-order valence-corrected chi connectivity index (χ4v) is 1.02. The summed E-state index contributed by atoms with van der Waals surface area (Å²) in [6, 6.07) is 3.55. The van der Waals surface area contributed by atoms with Crippen molar-refractivity contribution < 1.29 is 35.9 Å². The van der Waals surface area contributed by atoms with Crippen molar-refractivity contribution in [3.05, 3.63) is 24.4 Å². The number of rotatable bonds is 2. The van der Waals surface area contributed by atoms with Gasteiger partial charge in [-0.1, -0.05) is 6.07 Å². The molecule has 1 aromatic rings. The van der Waals surface area contributed by atoms with Gasteiger partial charge in [-0.15, -0.1) is 0 Å². The molecule has 0 aliphatic heterocycles. The molecular weight excluding hydrogens is 268 g/mol. The van der Waals surface area contributed by atoms with E-state index in [0.717, 1.165) is 12.3 Å². The number of alkyl halides is 6. The lowest BCUT2D eigenvalue weighted by atomic mass is 10.1. The summed E-state index contributed by atoms with van der Waals surface area (Å²) in [4.78, 5) is 14.2. The van der Waals surface area contributed by atoms with Crippen molar-refractivity contribution in [3.8, 4) is 5.88 Å². The molecule has 3 nitrogen and oxygen atoms in total. The van der Waals surface area contributed by atoms with Gasteiger partial charge in [0, 0.05) is 12.3 Å². The van der Waals surface area contributed by atoms with Crippen molar-refractivity contribution in [2.24, 2.45) is 5.92 Å². The number of carbonyl (C=O) groups excluding carboxylic acids is 1. The first-order valence-corrected chi connectivity index (χ1v) is 4.38. The first kappa shape index (κ1) is 14.3. The van der Waals surface area contributed by atoms with Crippen LogP contribution in [0.2, 0.25) is 0 Å². The van der Waals surface area contributed by atoms with Gasteiger partial charge in [0.25, 0.3) is 0 Å². The van der Waals surface area contributed by atoms with Crippen LogP contribution in [0.1, 0.15) is 0 Å². The first-order valence-electron chi connectivity index (χ1n) is 4.38. The zero-order valence-electron chi connectivity index (χ0n) is 8.42. The molecule has 0 saturated carbocycles. The van der Waals surface area contributed by atoms with Gasteiger partial charge in [0.2, 0.25) is 11.8 Å². The molecule has 0 fully saturated rings. The Bertz CT molecular complexity index is 399. The van der Waals surface area contributed by atoms with Crippen molar-refractivity contribution in [1.82, 2.24) is 4.98 Å². The molecule has 9 heteroatoms. The van der Waals surface area contributed by atoms with Crippen LogP contribution in [0.15, 0.2) is 24.4 Å². The van der Waals surface area contributed by atoms with Crippen LogP contribution in [0, 0.1) is 5.92 Å². The van der Waals surface area contributed by atoms with E-state index in [-0.39, 0.29) is 0 Å². The fraction of sp³-hybridized carbons (Fsp3) is 0.333. The maximum atomic E-state index is 12.1. The molecule has 0 aromatic carbocycles. The molecule has 0 aliphatic carbocycles. The highest BCUT2D eigenvalue weighted by atomic mass is 19.4. The summed E-state index contributed by atoms with van der Waals surface area (Å²) in [5.41, 5.74) is 0. The minimum atomic E-state index is -5.77. The van der Waals surface area contributed by atoms with Gasteiger partial charge < -0.3 is 4.74 Å². The van der Waals surface area contributed by atoms with E-state index in [1.165, 1.54) is 12.1 Å². The van der Waals surface area contributed by atoms with E-state index < -0.39 is 30.1 Å². The molecule has 1 rings (SSSR count). The van der Waals surface area contributed by atoms with Crippen LogP contribution in [0.4, 0.5) is 26.3 Å². The molecule has 100 valence electrons. The lowest BCUT2D eigenvalue weighted by Crippen LogP contribution is -2.44. The molecule has 0 unspecified atom stereocenters. The number of carbonyl (C=O) groups is 1. The molecule has 0 bridgehead atoms. The zero-order chi connectivity index (χ0) is 14.0. The predicted molar refractivity (Wildman–Crippen MR) is 45.5 cm³/mol. The summed E-state index contributed by atoms with van der Waals surface area (Å²) >= 11 is 0.